The molecule has 11 atom stereocenters. The average molecular weight is 693 g/mol. The number of ether oxygens (including phenoxy) is 5. The number of ketones is 1. The summed E-state index contributed by atoms with van der Waals surface area (Å²) >= 11 is 0. The van der Waals surface area contributed by atoms with Gasteiger partial charge in [-0.15, -0.1) is 0 Å². The number of aliphatic hydroxyl groups is 3. The highest BCUT2D eigenvalue weighted by Gasteiger charge is 2.76. The molecule has 6 rings (SSSR count). The number of aliphatic hydroxyl groups excluding tert-OH is 1. The van der Waals surface area contributed by atoms with Gasteiger partial charge in [-0.3, -0.25) is 4.79 Å². The van der Waals surface area contributed by atoms with Gasteiger partial charge in [0, 0.05) is 44.3 Å². The van der Waals surface area contributed by atoms with Crippen LogP contribution in [-0.2, 0) is 33.3 Å². The van der Waals surface area contributed by atoms with Crippen LogP contribution in [0.4, 0.5) is 0 Å². The van der Waals surface area contributed by atoms with Crippen molar-refractivity contribution in [2.24, 2.45) is 16.7 Å². The molecule has 3 N–H and O–H groups in total. The quantitative estimate of drug-likeness (QED) is 0.275. The molecule has 2 saturated carbocycles. The van der Waals surface area contributed by atoms with Gasteiger partial charge in [0.05, 0.1) is 29.8 Å². The van der Waals surface area contributed by atoms with Crippen molar-refractivity contribution in [2.45, 2.75) is 101 Å². The fourth-order valence-corrected chi connectivity index (χ4v) is 9.24. The van der Waals surface area contributed by atoms with E-state index in [1.165, 1.54) is 14.2 Å². The lowest BCUT2D eigenvalue weighted by atomic mass is 9.44. The first-order valence-corrected chi connectivity index (χ1v) is 17.1. The number of hydrogen-bond donors (Lipinski definition) is 3. The molecule has 0 radical (unpaired) electrons. The first-order chi connectivity index (χ1) is 23.6. The van der Waals surface area contributed by atoms with E-state index < -0.39 is 88.2 Å². The van der Waals surface area contributed by atoms with Crippen LogP contribution in [0.5, 0.6) is 0 Å². The molecule has 2 aromatic carbocycles. The van der Waals surface area contributed by atoms with Crippen LogP contribution in [0.15, 0.2) is 71.8 Å². The van der Waals surface area contributed by atoms with E-state index in [0.717, 1.165) is 5.56 Å². The lowest BCUT2D eigenvalue weighted by Crippen LogP contribution is -2.81. The Morgan fingerprint density at radius 2 is 1.56 bits per heavy atom. The molecule has 11 heteroatoms. The number of carbonyl (C=O) groups is 3. The molecule has 2 aromatic rings. The summed E-state index contributed by atoms with van der Waals surface area (Å²) < 4.78 is 30.2. The third-order valence-electron chi connectivity index (χ3n) is 12.4. The molecule has 50 heavy (non-hydrogen) atoms. The third-order valence-corrected chi connectivity index (χ3v) is 12.4. The summed E-state index contributed by atoms with van der Waals surface area (Å²) in [6.07, 6.45) is -7.19. The van der Waals surface area contributed by atoms with Crippen LogP contribution in [0.3, 0.4) is 0 Å². The summed E-state index contributed by atoms with van der Waals surface area (Å²) in [6, 6.07) is 17.3. The molecule has 0 amide bonds. The molecule has 3 unspecified atom stereocenters. The Bertz CT molecular complexity index is 1660. The lowest BCUT2D eigenvalue weighted by Gasteiger charge is -2.67. The summed E-state index contributed by atoms with van der Waals surface area (Å²) in [4.78, 5) is 42.8. The first kappa shape index (κ1) is 36.3. The smallest absolute Gasteiger partial charge is 0.338 e. The van der Waals surface area contributed by atoms with Gasteiger partial charge in [0.25, 0.3) is 0 Å². The van der Waals surface area contributed by atoms with Crippen LogP contribution < -0.4 is 0 Å². The summed E-state index contributed by atoms with van der Waals surface area (Å²) in [5.41, 5.74) is -4.90. The Morgan fingerprint density at radius 3 is 2.12 bits per heavy atom. The first-order valence-electron chi connectivity index (χ1n) is 17.1. The van der Waals surface area contributed by atoms with Crippen molar-refractivity contribution >= 4 is 17.7 Å². The maximum absolute atomic E-state index is 15.1. The van der Waals surface area contributed by atoms with Gasteiger partial charge >= 0.3 is 11.9 Å². The van der Waals surface area contributed by atoms with Gasteiger partial charge in [-0.05, 0) is 42.7 Å². The van der Waals surface area contributed by atoms with Crippen LogP contribution in [0.2, 0.25) is 0 Å². The average Bonchev–Trinajstić information content (AvgIpc) is 3.10. The molecule has 0 spiro atoms. The van der Waals surface area contributed by atoms with Crippen LogP contribution >= 0.6 is 0 Å². The monoisotopic (exact) mass is 692 g/mol. The minimum Gasteiger partial charge on any atom is -0.456 e. The Hall–Kier alpha value is -3.45. The molecule has 1 aliphatic heterocycles. The van der Waals surface area contributed by atoms with Gasteiger partial charge in [0.2, 0.25) is 0 Å². The standard InChI is InChI=1S/C39H48O11/c1-21(23-14-10-8-11-15-23)29(40)35(43)49-25-19-39(45)33(50-34(42)24-16-12-9-13-17-24)31-37(5,26(46-6)18-27-38(31,44)20-48-27)32(41)30(47-7)28(22(25)2)36(39,3)4/h8-17,21,25-27,29-31,33,40,44-45H,18-20H2,1-7H3/t21?,25-,26-,27+,29?,30+,31?,33-,37+,38-,39+/m0/s1. The van der Waals surface area contributed by atoms with Crippen molar-refractivity contribution in [3.8, 4) is 0 Å². The van der Waals surface area contributed by atoms with E-state index in [0.29, 0.717) is 11.1 Å². The van der Waals surface area contributed by atoms with Gasteiger partial charge in [-0.1, -0.05) is 69.3 Å². The number of methoxy groups -OCH3 is 2. The number of Topliss-reactive ketones (excluding diaryl/α,β-unsaturated/α-hetero) is 1. The second kappa shape index (κ2) is 13.0. The molecule has 3 fully saturated rings. The maximum atomic E-state index is 15.1. The largest absolute Gasteiger partial charge is 0.456 e. The third kappa shape index (κ3) is 5.28. The second-order valence-electron chi connectivity index (χ2n) is 15.1. The van der Waals surface area contributed by atoms with E-state index in [1.807, 2.05) is 18.2 Å². The summed E-state index contributed by atoms with van der Waals surface area (Å²) in [5.74, 6) is -3.99. The Labute approximate surface area is 292 Å². The zero-order chi connectivity index (χ0) is 36.4. The van der Waals surface area contributed by atoms with E-state index >= 15 is 4.79 Å². The Kier molecular flexibility index (Phi) is 9.41. The molecular formula is C39H48O11. The fourth-order valence-electron chi connectivity index (χ4n) is 9.24. The summed E-state index contributed by atoms with van der Waals surface area (Å²) in [6.45, 7) is 8.39. The normalized spacial score (nSPS) is 37.2. The van der Waals surface area contributed by atoms with Gasteiger partial charge in [-0.2, -0.15) is 0 Å². The van der Waals surface area contributed by atoms with Crippen LogP contribution in [0.1, 0.15) is 69.3 Å². The Balaban J connectivity index is 1.52. The second-order valence-corrected chi connectivity index (χ2v) is 15.1. The minimum absolute atomic E-state index is 0.168. The van der Waals surface area contributed by atoms with Gasteiger partial charge in [-0.25, -0.2) is 9.59 Å². The van der Waals surface area contributed by atoms with Crippen molar-refractivity contribution in [3.05, 3.63) is 82.9 Å². The highest BCUT2D eigenvalue weighted by molar-refractivity contribution is 5.94. The maximum Gasteiger partial charge on any atom is 0.338 e. The molecule has 2 bridgehead atoms. The van der Waals surface area contributed by atoms with Crippen molar-refractivity contribution in [3.63, 3.8) is 0 Å². The molecule has 4 aliphatic rings. The number of esters is 2. The predicted molar refractivity (Wildman–Crippen MR) is 180 cm³/mol. The highest BCUT2D eigenvalue weighted by atomic mass is 16.6. The van der Waals surface area contributed by atoms with Crippen molar-refractivity contribution in [1.82, 2.24) is 0 Å². The molecule has 270 valence electrons. The van der Waals surface area contributed by atoms with E-state index in [-0.39, 0.29) is 25.0 Å². The van der Waals surface area contributed by atoms with Gasteiger partial charge in [0.15, 0.2) is 11.9 Å². The van der Waals surface area contributed by atoms with Crippen LogP contribution in [-0.4, -0.2) is 102 Å². The van der Waals surface area contributed by atoms with Crippen molar-refractivity contribution in [2.75, 3.05) is 20.8 Å². The SMILES string of the molecule is CO[C@H]1C(=O)[C@@]2(C)C([C@H](OC(=O)c3ccccc3)[C@]3(O)C[C@H](OC(=O)C(O)C(C)c4ccccc4)C(C)=C1C3(C)C)[C@]1(O)CO[C@@H]1C[C@@H]2OC. The van der Waals surface area contributed by atoms with Gasteiger partial charge in [0.1, 0.15) is 29.5 Å². The zero-order valence-corrected chi connectivity index (χ0v) is 29.6. The van der Waals surface area contributed by atoms with Crippen molar-refractivity contribution < 1.29 is 53.4 Å². The number of fused-ring (bicyclic) bond motifs is 5. The van der Waals surface area contributed by atoms with Crippen LogP contribution in [0, 0.1) is 16.7 Å². The highest BCUT2D eigenvalue weighted by Crippen LogP contribution is 2.64. The molecular weight excluding hydrogens is 644 g/mol. The number of carbonyl (C=O) groups excluding carboxylic acids is 3. The van der Waals surface area contributed by atoms with E-state index in [1.54, 1.807) is 77.1 Å². The molecule has 11 nitrogen and oxygen atoms in total. The number of benzene rings is 2. The molecule has 1 heterocycles. The Morgan fingerprint density at radius 1 is 0.940 bits per heavy atom. The minimum atomic E-state index is -2.07. The van der Waals surface area contributed by atoms with E-state index in [9.17, 15) is 24.9 Å². The number of rotatable bonds is 8. The van der Waals surface area contributed by atoms with E-state index in [2.05, 4.69) is 0 Å². The zero-order valence-electron chi connectivity index (χ0n) is 29.6. The predicted octanol–water partition coefficient (Wildman–Crippen LogP) is 3.53. The molecule has 3 aliphatic carbocycles. The topological polar surface area (TPSA) is 158 Å². The van der Waals surface area contributed by atoms with Crippen LogP contribution in [0.25, 0.3) is 0 Å². The fraction of sp³-hybridized carbons (Fsp3) is 0.564. The van der Waals surface area contributed by atoms with Gasteiger partial charge < -0.3 is 39.0 Å². The lowest BCUT2D eigenvalue weighted by molar-refractivity contribution is -0.345. The summed E-state index contributed by atoms with van der Waals surface area (Å²) in [5, 5.41) is 36.9. The molecule has 0 aromatic heterocycles. The number of hydrogen-bond acceptors (Lipinski definition) is 11. The van der Waals surface area contributed by atoms with Crippen molar-refractivity contribution in [1.29, 1.82) is 0 Å². The summed E-state index contributed by atoms with van der Waals surface area (Å²) in [7, 11) is 2.86. The van der Waals surface area contributed by atoms with E-state index in [4.69, 9.17) is 23.7 Å². The molecule has 1 saturated heterocycles.